The summed E-state index contributed by atoms with van der Waals surface area (Å²) < 4.78 is 16.7. The van der Waals surface area contributed by atoms with Crippen LogP contribution in [0.15, 0.2) is 11.8 Å². The zero-order valence-corrected chi connectivity index (χ0v) is 19.0. The molecule has 0 bridgehead atoms. The molecule has 1 amide bonds. The second kappa shape index (κ2) is 10.9. The Morgan fingerprint density at radius 2 is 1.81 bits per heavy atom. The third-order valence-electron chi connectivity index (χ3n) is 5.40. The number of nitrogens with one attached hydrogen (secondary N) is 1. The van der Waals surface area contributed by atoms with Gasteiger partial charge in [0, 0.05) is 25.5 Å². The van der Waals surface area contributed by atoms with Crippen molar-refractivity contribution in [3.05, 3.63) is 11.8 Å². The van der Waals surface area contributed by atoms with Crippen LogP contribution in [-0.4, -0.2) is 46.6 Å². The lowest BCUT2D eigenvalue weighted by molar-refractivity contribution is -0.115. The van der Waals surface area contributed by atoms with Gasteiger partial charge in [0.15, 0.2) is 14.1 Å². The standard InChI is InChI=1S/C20H37NO5Si/c1-14(2)27(15(3)4,16(5)6)26-10-8-9-19(24-7)12-18(22)11-17-13-25-20(23)21-17/h12,14-17H,8-11,13H2,1-7H3,(H,21,23)/b19-12-/t17-/m1/s1. The van der Waals surface area contributed by atoms with Gasteiger partial charge in [-0.15, -0.1) is 0 Å². The minimum absolute atomic E-state index is 0.0705. The number of amides is 1. The SMILES string of the molecule is CO/C(=C\C(=O)C[C@@H]1COC(=O)N1)CCCO[Si](C(C)C)(C(C)C)C(C)C. The third kappa shape index (κ3) is 6.64. The van der Waals surface area contributed by atoms with Gasteiger partial charge in [-0.3, -0.25) is 4.79 Å². The first-order valence-corrected chi connectivity index (χ1v) is 12.1. The van der Waals surface area contributed by atoms with Crippen LogP contribution in [0.5, 0.6) is 0 Å². The van der Waals surface area contributed by atoms with E-state index in [9.17, 15) is 9.59 Å². The molecule has 1 aliphatic heterocycles. The molecule has 156 valence electrons. The lowest BCUT2D eigenvalue weighted by Crippen LogP contribution is -2.47. The molecular weight excluding hydrogens is 362 g/mol. The first-order chi connectivity index (χ1) is 12.6. The zero-order chi connectivity index (χ0) is 20.6. The van der Waals surface area contributed by atoms with E-state index in [4.69, 9.17) is 13.9 Å². The van der Waals surface area contributed by atoms with Crippen molar-refractivity contribution in [1.29, 1.82) is 0 Å². The molecule has 0 aromatic carbocycles. The molecule has 0 unspecified atom stereocenters. The molecule has 0 aliphatic carbocycles. The summed E-state index contributed by atoms with van der Waals surface area (Å²) in [4.78, 5) is 23.2. The van der Waals surface area contributed by atoms with Gasteiger partial charge in [0.25, 0.3) is 0 Å². The van der Waals surface area contributed by atoms with E-state index >= 15 is 0 Å². The summed E-state index contributed by atoms with van der Waals surface area (Å²) in [6.07, 6.45) is 2.77. The van der Waals surface area contributed by atoms with Crippen LogP contribution < -0.4 is 5.32 Å². The van der Waals surface area contributed by atoms with Crippen molar-refractivity contribution in [2.75, 3.05) is 20.3 Å². The highest BCUT2D eigenvalue weighted by Crippen LogP contribution is 2.42. The molecule has 1 saturated heterocycles. The average Bonchev–Trinajstić information content (AvgIpc) is 2.97. The molecule has 1 atom stereocenters. The quantitative estimate of drug-likeness (QED) is 0.225. The largest absolute Gasteiger partial charge is 0.501 e. The van der Waals surface area contributed by atoms with E-state index in [1.807, 2.05) is 0 Å². The number of carbonyl (C=O) groups is 2. The third-order valence-corrected chi connectivity index (χ3v) is 11.5. The summed E-state index contributed by atoms with van der Waals surface area (Å²) >= 11 is 0. The monoisotopic (exact) mass is 399 g/mol. The van der Waals surface area contributed by atoms with Crippen LogP contribution in [0.3, 0.4) is 0 Å². The van der Waals surface area contributed by atoms with Crippen molar-refractivity contribution in [1.82, 2.24) is 5.32 Å². The van der Waals surface area contributed by atoms with E-state index in [2.05, 4.69) is 46.9 Å². The smallest absolute Gasteiger partial charge is 0.407 e. The molecule has 7 heteroatoms. The molecule has 0 aromatic rings. The van der Waals surface area contributed by atoms with Crippen molar-refractivity contribution in [3.8, 4) is 0 Å². The summed E-state index contributed by atoms with van der Waals surface area (Å²) in [5, 5.41) is 2.61. The molecule has 0 radical (unpaired) electrons. The van der Waals surface area contributed by atoms with Crippen molar-refractivity contribution < 1.29 is 23.5 Å². The molecule has 6 nitrogen and oxygen atoms in total. The maximum atomic E-state index is 12.1. The van der Waals surface area contributed by atoms with E-state index in [1.165, 1.54) is 6.08 Å². The van der Waals surface area contributed by atoms with Gasteiger partial charge >= 0.3 is 6.09 Å². The Bertz CT molecular complexity index is 509. The van der Waals surface area contributed by atoms with Gasteiger partial charge in [-0.05, 0) is 23.0 Å². The van der Waals surface area contributed by atoms with Gasteiger partial charge in [-0.25, -0.2) is 4.79 Å². The van der Waals surface area contributed by atoms with Gasteiger partial charge in [0.2, 0.25) is 0 Å². The topological polar surface area (TPSA) is 73.9 Å². The van der Waals surface area contributed by atoms with Crippen LogP contribution in [0.2, 0.25) is 16.6 Å². The fourth-order valence-electron chi connectivity index (χ4n) is 4.25. The summed E-state index contributed by atoms with van der Waals surface area (Å²) in [7, 11) is -0.275. The van der Waals surface area contributed by atoms with Crippen LogP contribution in [0.4, 0.5) is 4.79 Å². The average molecular weight is 400 g/mol. The Kier molecular flexibility index (Phi) is 9.53. The molecule has 1 heterocycles. The number of cyclic esters (lactones) is 1. The van der Waals surface area contributed by atoms with E-state index in [-0.39, 0.29) is 24.9 Å². The van der Waals surface area contributed by atoms with Gasteiger partial charge in [-0.2, -0.15) is 0 Å². The number of allylic oxidation sites excluding steroid dienone is 2. The lowest BCUT2D eigenvalue weighted by atomic mass is 10.1. The van der Waals surface area contributed by atoms with Crippen LogP contribution >= 0.6 is 0 Å². The summed E-state index contributed by atoms with van der Waals surface area (Å²) in [5.74, 6) is 0.582. The molecule has 1 fully saturated rings. The summed E-state index contributed by atoms with van der Waals surface area (Å²) in [6.45, 7) is 14.6. The van der Waals surface area contributed by atoms with Gasteiger partial charge in [0.1, 0.15) is 6.61 Å². The lowest BCUT2D eigenvalue weighted by Gasteiger charge is -2.42. The Hall–Kier alpha value is -1.34. The van der Waals surface area contributed by atoms with Gasteiger partial charge in [-0.1, -0.05) is 41.5 Å². The van der Waals surface area contributed by atoms with Crippen LogP contribution in [0, 0.1) is 0 Å². The Balaban J connectivity index is 2.53. The first kappa shape index (κ1) is 23.7. The molecule has 27 heavy (non-hydrogen) atoms. The minimum atomic E-state index is -1.85. The molecule has 1 aliphatic rings. The number of carbonyl (C=O) groups excluding carboxylic acids is 2. The number of ketones is 1. The Labute approximate surface area is 165 Å². The van der Waals surface area contributed by atoms with Crippen molar-refractivity contribution >= 4 is 20.2 Å². The summed E-state index contributed by atoms with van der Waals surface area (Å²) in [6, 6.07) is -0.252. The van der Waals surface area contributed by atoms with Crippen molar-refractivity contribution in [2.24, 2.45) is 0 Å². The van der Waals surface area contributed by atoms with Gasteiger partial charge in [0.05, 0.1) is 18.9 Å². The predicted octanol–water partition coefficient (Wildman–Crippen LogP) is 4.56. The molecule has 1 N–H and O–H groups in total. The highest BCUT2D eigenvalue weighted by Gasteiger charge is 2.44. The maximum Gasteiger partial charge on any atom is 0.407 e. The number of hydrogen-bond donors (Lipinski definition) is 1. The first-order valence-electron chi connectivity index (χ1n) is 9.98. The van der Waals surface area contributed by atoms with E-state index in [0.29, 0.717) is 35.4 Å². The molecule has 0 saturated carbocycles. The molecular formula is C20H37NO5Si. The van der Waals surface area contributed by atoms with Crippen LogP contribution in [-0.2, 0) is 18.7 Å². The Morgan fingerprint density at radius 3 is 2.26 bits per heavy atom. The number of methoxy groups -OCH3 is 1. The highest BCUT2D eigenvalue weighted by molar-refractivity contribution is 6.77. The number of hydrogen-bond acceptors (Lipinski definition) is 5. The predicted molar refractivity (Wildman–Crippen MR) is 109 cm³/mol. The molecule has 1 rings (SSSR count). The second-order valence-corrected chi connectivity index (χ2v) is 13.7. The Morgan fingerprint density at radius 1 is 1.22 bits per heavy atom. The fourth-order valence-corrected chi connectivity index (χ4v) is 9.74. The van der Waals surface area contributed by atoms with E-state index in [0.717, 1.165) is 6.42 Å². The second-order valence-electron chi connectivity index (χ2n) is 8.19. The molecule has 0 spiro atoms. The fraction of sp³-hybridized carbons (Fsp3) is 0.800. The normalized spacial score (nSPS) is 18.2. The number of alkyl carbamates (subject to hydrolysis) is 1. The van der Waals surface area contributed by atoms with Crippen LogP contribution in [0.25, 0.3) is 0 Å². The number of rotatable bonds is 12. The number of ether oxygens (including phenoxy) is 2. The van der Waals surface area contributed by atoms with Gasteiger partial charge < -0.3 is 19.2 Å². The maximum absolute atomic E-state index is 12.1. The van der Waals surface area contributed by atoms with Crippen molar-refractivity contribution in [3.63, 3.8) is 0 Å². The summed E-state index contributed by atoms with van der Waals surface area (Å²) in [5.41, 5.74) is 1.67. The minimum Gasteiger partial charge on any atom is -0.501 e. The van der Waals surface area contributed by atoms with Crippen LogP contribution in [0.1, 0.15) is 60.8 Å². The van der Waals surface area contributed by atoms with Crippen molar-refractivity contribution in [2.45, 2.75) is 83.5 Å². The van der Waals surface area contributed by atoms with E-state index < -0.39 is 14.4 Å². The highest BCUT2D eigenvalue weighted by atomic mass is 28.4. The molecule has 0 aromatic heterocycles. The zero-order valence-electron chi connectivity index (χ0n) is 18.0. The van der Waals surface area contributed by atoms with E-state index in [1.54, 1.807) is 7.11 Å².